The van der Waals surface area contributed by atoms with Gasteiger partial charge in [0.15, 0.2) is 16.1 Å². The van der Waals surface area contributed by atoms with Crippen molar-refractivity contribution in [1.29, 1.82) is 0 Å². The number of hydrogen-bond acceptors (Lipinski definition) is 7. The highest BCUT2D eigenvalue weighted by Crippen LogP contribution is 2.27. The highest BCUT2D eigenvalue weighted by atomic mass is 32.2. The minimum atomic E-state index is -0.319. The van der Waals surface area contributed by atoms with Crippen LogP contribution in [0.1, 0.15) is 19.5 Å². The van der Waals surface area contributed by atoms with Crippen LogP contribution in [0, 0.1) is 6.92 Å². The lowest BCUT2D eigenvalue weighted by Gasteiger charge is -2.11. The van der Waals surface area contributed by atoms with Crippen molar-refractivity contribution in [2.75, 3.05) is 5.32 Å². The zero-order valence-electron chi connectivity index (χ0n) is 14.1. The number of pyridine rings is 1. The highest BCUT2D eigenvalue weighted by molar-refractivity contribution is 8.00. The standard InChI is InChI=1S/C16H18N6OS2/c1-4-22-13(12-6-5-7-17-8-12)20-21-16(22)25-11(3)14(23)19-15-18-10(2)9-24-15/h5-9,11H,4H2,1-3H3,(H,18,19,23)/t11-/m0/s1. The molecule has 7 nitrogen and oxygen atoms in total. The van der Waals surface area contributed by atoms with Crippen LogP contribution in [0.3, 0.4) is 0 Å². The third-order valence-corrected chi connectivity index (χ3v) is 5.41. The van der Waals surface area contributed by atoms with Crippen molar-refractivity contribution in [2.24, 2.45) is 0 Å². The first-order chi connectivity index (χ1) is 12.1. The van der Waals surface area contributed by atoms with Crippen molar-refractivity contribution < 1.29 is 4.79 Å². The second-order valence-electron chi connectivity index (χ2n) is 5.34. The topological polar surface area (TPSA) is 85.6 Å². The Labute approximate surface area is 153 Å². The minimum Gasteiger partial charge on any atom is -0.302 e. The number of carbonyl (C=O) groups is 1. The maximum absolute atomic E-state index is 12.4. The quantitative estimate of drug-likeness (QED) is 0.667. The van der Waals surface area contributed by atoms with E-state index in [9.17, 15) is 4.79 Å². The van der Waals surface area contributed by atoms with Crippen LogP contribution in [0.15, 0.2) is 35.1 Å². The second-order valence-corrected chi connectivity index (χ2v) is 7.50. The van der Waals surface area contributed by atoms with Gasteiger partial charge in [-0.1, -0.05) is 11.8 Å². The van der Waals surface area contributed by atoms with Crippen molar-refractivity contribution >= 4 is 34.1 Å². The summed E-state index contributed by atoms with van der Waals surface area (Å²) in [6.45, 7) is 6.48. The summed E-state index contributed by atoms with van der Waals surface area (Å²) in [4.78, 5) is 20.8. The van der Waals surface area contributed by atoms with Gasteiger partial charge in [-0.3, -0.25) is 9.78 Å². The van der Waals surface area contributed by atoms with Gasteiger partial charge in [-0.2, -0.15) is 0 Å². The van der Waals surface area contributed by atoms with E-state index in [0.717, 1.165) is 17.1 Å². The average Bonchev–Trinajstić information content (AvgIpc) is 3.21. The summed E-state index contributed by atoms with van der Waals surface area (Å²) in [6.07, 6.45) is 3.48. The molecule has 3 heterocycles. The van der Waals surface area contributed by atoms with Crippen molar-refractivity contribution in [3.8, 4) is 11.4 Å². The van der Waals surface area contributed by atoms with Crippen LogP contribution in [0.5, 0.6) is 0 Å². The number of aromatic nitrogens is 5. The van der Waals surface area contributed by atoms with E-state index in [-0.39, 0.29) is 11.2 Å². The summed E-state index contributed by atoms with van der Waals surface area (Å²) in [5.74, 6) is 0.647. The van der Waals surface area contributed by atoms with Gasteiger partial charge in [0, 0.05) is 29.9 Å². The molecule has 0 fully saturated rings. The number of carbonyl (C=O) groups excluding carboxylic acids is 1. The molecular formula is C16H18N6OS2. The van der Waals surface area contributed by atoms with Gasteiger partial charge in [-0.15, -0.1) is 21.5 Å². The Bertz CT molecular complexity index is 861. The predicted molar refractivity (Wildman–Crippen MR) is 99.7 cm³/mol. The molecule has 0 radical (unpaired) electrons. The molecule has 0 unspecified atom stereocenters. The van der Waals surface area contributed by atoms with Crippen LogP contribution in [0.25, 0.3) is 11.4 Å². The molecule has 0 aliphatic rings. The molecule has 0 bridgehead atoms. The Morgan fingerprint density at radius 3 is 2.92 bits per heavy atom. The predicted octanol–water partition coefficient (Wildman–Crippen LogP) is 3.24. The van der Waals surface area contributed by atoms with Crippen molar-refractivity contribution in [1.82, 2.24) is 24.7 Å². The van der Waals surface area contributed by atoms with Gasteiger partial charge in [-0.05, 0) is 32.9 Å². The molecule has 25 heavy (non-hydrogen) atoms. The summed E-state index contributed by atoms with van der Waals surface area (Å²) in [5, 5.41) is 14.3. The minimum absolute atomic E-state index is 0.104. The number of rotatable bonds is 6. The number of hydrogen-bond donors (Lipinski definition) is 1. The molecule has 3 rings (SSSR count). The van der Waals surface area contributed by atoms with E-state index in [1.165, 1.54) is 23.1 Å². The Morgan fingerprint density at radius 2 is 2.28 bits per heavy atom. The number of thioether (sulfide) groups is 1. The zero-order chi connectivity index (χ0) is 17.8. The first kappa shape index (κ1) is 17.6. The average molecular weight is 374 g/mol. The number of anilines is 1. The summed E-state index contributed by atoms with van der Waals surface area (Å²) in [6, 6.07) is 3.81. The lowest BCUT2D eigenvalue weighted by molar-refractivity contribution is -0.115. The fourth-order valence-electron chi connectivity index (χ4n) is 2.20. The summed E-state index contributed by atoms with van der Waals surface area (Å²) in [5.41, 5.74) is 1.80. The number of nitrogens with zero attached hydrogens (tertiary/aromatic N) is 5. The van der Waals surface area contributed by atoms with Crippen LogP contribution < -0.4 is 5.32 Å². The fourth-order valence-corrected chi connectivity index (χ4v) is 3.80. The Balaban J connectivity index is 1.74. The summed E-state index contributed by atoms with van der Waals surface area (Å²) >= 11 is 2.80. The molecule has 0 saturated heterocycles. The normalized spacial score (nSPS) is 12.1. The van der Waals surface area contributed by atoms with E-state index >= 15 is 0 Å². The van der Waals surface area contributed by atoms with Crippen molar-refractivity contribution in [3.05, 3.63) is 35.6 Å². The molecule has 0 spiro atoms. The Morgan fingerprint density at radius 1 is 1.44 bits per heavy atom. The second kappa shape index (κ2) is 7.75. The smallest absolute Gasteiger partial charge is 0.239 e. The summed E-state index contributed by atoms with van der Waals surface area (Å²) < 4.78 is 1.99. The molecule has 3 aromatic rings. The van der Waals surface area contributed by atoms with Crippen LogP contribution >= 0.6 is 23.1 Å². The molecule has 130 valence electrons. The SMILES string of the molecule is CCn1c(S[C@@H](C)C(=O)Nc2nc(C)cs2)nnc1-c1cccnc1. The summed E-state index contributed by atoms with van der Waals surface area (Å²) in [7, 11) is 0. The van der Waals surface area contributed by atoms with E-state index in [0.29, 0.717) is 16.8 Å². The van der Waals surface area contributed by atoms with Crippen LogP contribution in [-0.2, 0) is 11.3 Å². The van der Waals surface area contributed by atoms with Gasteiger partial charge in [0.2, 0.25) is 5.91 Å². The molecule has 1 amide bonds. The van der Waals surface area contributed by atoms with Crippen LogP contribution in [0.4, 0.5) is 5.13 Å². The largest absolute Gasteiger partial charge is 0.302 e. The van der Waals surface area contributed by atoms with E-state index in [1.807, 2.05) is 42.9 Å². The number of aryl methyl sites for hydroxylation is 1. The number of nitrogens with one attached hydrogen (secondary N) is 1. The van der Waals surface area contributed by atoms with Gasteiger partial charge in [0.05, 0.1) is 10.9 Å². The molecule has 0 aromatic carbocycles. The first-order valence-electron chi connectivity index (χ1n) is 7.81. The number of thiazole rings is 1. The third-order valence-electron chi connectivity index (χ3n) is 3.45. The Kier molecular flexibility index (Phi) is 5.44. The van der Waals surface area contributed by atoms with E-state index in [1.54, 1.807) is 12.4 Å². The van der Waals surface area contributed by atoms with E-state index in [2.05, 4.69) is 25.5 Å². The molecule has 0 aliphatic heterocycles. The lowest BCUT2D eigenvalue weighted by atomic mass is 10.3. The highest BCUT2D eigenvalue weighted by Gasteiger charge is 2.21. The molecular weight excluding hydrogens is 356 g/mol. The monoisotopic (exact) mass is 374 g/mol. The van der Waals surface area contributed by atoms with Crippen LogP contribution in [-0.4, -0.2) is 35.9 Å². The van der Waals surface area contributed by atoms with Gasteiger partial charge in [0.1, 0.15) is 0 Å². The number of amides is 1. The van der Waals surface area contributed by atoms with Crippen LogP contribution in [0.2, 0.25) is 0 Å². The zero-order valence-corrected chi connectivity index (χ0v) is 15.8. The third kappa shape index (κ3) is 4.05. The van der Waals surface area contributed by atoms with Crippen molar-refractivity contribution in [2.45, 2.75) is 37.7 Å². The maximum atomic E-state index is 12.4. The first-order valence-corrected chi connectivity index (χ1v) is 9.57. The van der Waals surface area contributed by atoms with E-state index < -0.39 is 0 Å². The van der Waals surface area contributed by atoms with Gasteiger partial charge >= 0.3 is 0 Å². The Hall–Kier alpha value is -2.26. The van der Waals surface area contributed by atoms with E-state index in [4.69, 9.17) is 0 Å². The fraction of sp³-hybridized carbons (Fsp3) is 0.312. The van der Waals surface area contributed by atoms with Crippen molar-refractivity contribution in [3.63, 3.8) is 0 Å². The van der Waals surface area contributed by atoms with Gasteiger partial charge in [0.25, 0.3) is 0 Å². The molecule has 0 aliphatic carbocycles. The van der Waals surface area contributed by atoms with Gasteiger partial charge < -0.3 is 9.88 Å². The maximum Gasteiger partial charge on any atom is 0.239 e. The molecule has 3 aromatic heterocycles. The molecule has 1 N–H and O–H groups in total. The molecule has 9 heteroatoms. The lowest BCUT2D eigenvalue weighted by Crippen LogP contribution is -2.22. The molecule has 0 saturated carbocycles. The van der Waals surface area contributed by atoms with Gasteiger partial charge in [-0.25, -0.2) is 4.98 Å². The molecule has 1 atom stereocenters.